The molecular formula is C22H24N6O3. The Morgan fingerprint density at radius 2 is 1.68 bits per heavy atom. The maximum Gasteiger partial charge on any atom is 0.281 e. The average Bonchev–Trinajstić information content (AvgIpc) is 3.13. The summed E-state index contributed by atoms with van der Waals surface area (Å²) in [7, 11) is 2.08. The number of hydrogen-bond acceptors (Lipinski definition) is 6. The monoisotopic (exact) mass is 420 g/mol. The molecule has 0 bridgehead atoms. The number of likely N-dealkylation sites (N-methyl/N-ethyl adjacent to an activating group) is 1. The molecule has 0 aliphatic carbocycles. The highest BCUT2D eigenvalue weighted by molar-refractivity contribution is 6.03. The normalized spacial score (nSPS) is 15.3. The molecule has 0 spiro atoms. The molecule has 0 unspecified atom stereocenters. The van der Waals surface area contributed by atoms with Gasteiger partial charge < -0.3 is 4.90 Å². The van der Waals surface area contributed by atoms with Crippen LogP contribution in [0.25, 0.3) is 16.9 Å². The third kappa shape index (κ3) is 4.26. The number of aromatic nitrogens is 2. The van der Waals surface area contributed by atoms with E-state index in [1.165, 1.54) is 16.8 Å². The fourth-order valence-electron chi connectivity index (χ4n) is 3.65. The van der Waals surface area contributed by atoms with E-state index in [1.54, 1.807) is 12.1 Å². The van der Waals surface area contributed by atoms with Crippen molar-refractivity contribution in [1.82, 2.24) is 19.7 Å². The molecule has 1 saturated heterocycles. The van der Waals surface area contributed by atoms with Gasteiger partial charge in [0.05, 0.1) is 27.6 Å². The first-order valence-corrected chi connectivity index (χ1v) is 10.1. The summed E-state index contributed by atoms with van der Waals surface area (Å²) in [6.45, 7) is 5.28. The van der Waals surface area contributed by atoms with Gasteiger partial charge in [-0.2, -0.15) is 5.10 Å². The summed E-state index contributed by atoms with van der Waals surface area (Å²) in [4.78, 5) is 26.2. The van der Waals surface area contributed by atoms with Crippen molar-refractivity contribution in [2.75, 3.05) is 33.2 Å². The van der Waals surface area contributed by atoms with Gasteiger partial charge in [-0.1, -0.05) is 30.3 Å². The summed E-state index contributed by atoms with van der Waals surface area (Å²) in [5.74, 6) is 0. The van der Waals surface area contributed by atoms with Gasteiger partial charge >= 0.3 is 0 Å². The lowest BCUT2D eigenvalue weighted by Crippen LogP contribution is -2.42. The number of aromatic amines is 1. The SMILES string of the molecule is CC(=NN1CCN(C)CC1)c1c(-c2ccccc2)[nH]n(-c2ccc([N+](=O)[O-])cc2)c1=O. The number of nitrogens with one attached hydrogen (secondary N) is 1. The smallest absolute Gasteiger partial charge is 0.281 e. The van der Waals surface area contributed by atoms with Crippen LogP contribution in [0.3, 0.4) is 0 Å². The van der Waals surface area contributed by atoms with E-state index >= 15 is 0 Å². The van der Waals surface area contributed by atoms with Crippen molar-refractivity contribution in [3.8, 4) is 16.9 Å². The molecule has 9 nitrogen and oxygen atoms in total. The number of nitro groups is 1. The second-order valence-corrected chi connectivity index (χ2v) is 7.58. The van der Waals surface area contributed by atoms with Gasteiger partial charge in [0.1, 0.15) is 0 Å². The Morgan fingerprint density at radius 3 is 2.29 bits per heavy atom. The van der Waals surface area contributed by atoms with Crippen LogP contribution in [0.2, 0.25) is 0 Å². The Hall–Kier alpha value is -3.72. The predicted molar refractivity (Wildman–Crippen MR) is 120 cm³/mol. The Morgan fingerprint density at radius 1 is 1.03 bits per heavy atom. The number of piperazine rings is 1. The highest BCUT2D eigenvalue weighted by atomic mass is 16.6. The van der Waals surface area contributed by atoms with Crippen LogP contribution >= 0.6 is 0 Å². The van der Waals surface area contributed by atoms with E-state index < -0.39 is 4.92 Å². The first-order valence-electron chi connectivity index (χ1n) is 10.1. The van der Waals surface area contributed by atoms with Gasteiger partial charge in [0, 0.05) is 43.9 Å². The molecule has 31 heavy (non-hydrogen) atoms. The minimum absolute atomic E-state index is 0.0281. The molecule has 9 heteroatoms. The second kappa shape index (κ2) is 8.57. The quantitative estimate of drug-likeness (QED) is 0.389. The first-order chi connectivity index (χ1) is 14.9. The Bertz CT molecular complexity index is 1160. The zero-order valence-electron chi connectivity index (χ0n) is 17.5. The lowest BCUT2D eigenvalue weighted by Gasteiger charge is -2.30. The molecule has 1 N–H and O–H groups in total. The minimum Gasteiger partial charge on any atom is -0.303 e. The number of H-pyrrole nitrogens is 1. The summed E-state index contributed by atoms with van der Waals surface area (Å²) in [6.07, 6.45) is 0. The molecule has 1 aliphatic heterocycles. The molecular weight excluding hydrogens is 396 g/mol. The van der Waals surface area contributed by atoms with Crippen molar-refractivity contribution < 1.29 is 4.92 Å². The van der Waals surface area contributed by atoms with E-state index in [9.17, 15) is 14.9 Å². The maximum absolute atomic E-state index is 13.4. The molecule has 0 atom stereocenters. The van der Waals surface area contributed by atoms with Crippen molar-refractivity contribution in [3.05, 3.63) is 80.6 Å². The Labute approximate surface area is 179 Å². The number of rotatable bonds is 5. The summed E-state index contributed by atoms with van der Waals surface area (Å²) in [6, 6.07) is 15.5. The zero-order chi connectivity index (χ0) is 22.0. The first kappa shape index (κ1) is 20.5. The van der Waals surface area contributed by atoms with Crippen LogP contribution in [0.4, 0.5) is 5.69 Å². The van der Waals surface area contributed by atoms with Crippen LogP contribution in [-0.4, -0.2) is 63.6 Å². The summed E-state index contributed by atoms with van der Waals surface area (Å²) < 4.78 is 1.41. The van der Waals surface area contributed by atoms with Crippen molar-refractivity contribution in [2.45, 2.75) is 6.92 Å². The highest BCUT2D eigenvalue weighted by Crippen LogP contribution is 2.22. The fourth-order valence-corrected chi connectivity index (χ4v) is 3.65. The molecule has 4 rings (SSSR count). The van der Waals surface area contributed by atoms with E-state index in [0.29, 0.717) is 22.7 Å². The van der Waals surface area contributed by atoms with Crippen LogP contribution in [0, 0.1) is 10.1 Å². The van der Waals surface area contributed by atoms with Crippen LogP contribution < -0.4 is 5.56 Å². The molecule has 2 heterocycles. The van der Waals surface area contributed by atoms with Gasteiger partial charge in [-0.25, -0.2) is 4.68 Å². The van der Waals surface area contributed by atoms with Gasteiger partial charge in [0.2, 0.25) is 0 Å². The van der Waals surface area contributed by atoms with Crippen LogP contribution in [0.5, 0.6) is 0 Å². The molecule has 0 amide bonds. The maximum atomic E-state index is 13.4. The number of benzene rings is 2. The Balaban J connectivity index is 1.79. The molecule has 3 aromatic rings. The number of non-ortho nitro benzene ring substituents is 1. The third-order valence-electron chi connectivity index (χ3n) is 5.40. The lowest BCUT2D eigenvalue weighted by atomic mass is 10.1. The predicted octanol–water partition coefficient (Wildman–Crippen LogP) is 2.71. The van der Waals surface area contributed by atoms with Gasteiger partial charge in [-0.15, -0.1) is 0 Å². The highest BCUT2D eigenvalue weighted by Gasteiger charge is 2.21. The molecule has 0 saturated carbocycles. The van der Waals surface area contributed by atoms with E-state index in [4.69, 9.17) is 5.10 Å². The largest absolute Gasteiger partial charge is 0.303 e. The topological polar surface area (TPSA) is 99.8 Å². The average molecular weight is 420 g/mol. The fraction of sp³-hybridized carbons (Fsp3) is 0.273. The molecule has 1 aliphatic rings. The van der Waals surface area contributed by atoms with Gasteiger partial charge in [0.25, 0.3) is 11.2 Å². The summed E-state index contributed by atoms with van der Waals surface area (Å²) in [5.41, 5.74) is 2.89. The molecule has 160 valence electrons. The minimum atomic E-state index is -0.463. The number of nitro benzene ring substituents is 1. The molecule has 0 radical (unpaired) electrons. The zero-order valence-corrected chi connectivity index (χ0v) is 17.5. The second-order valence-electron chi connectivity index (χ2n) is 7.58. The molecule has 2 aromatic carbocycles. The lowest BCUT2D eigenvalue weighted by molar-refractivity contribution is -0.384. The summed E-state index contributed by atoms with van der Waals surface area (Å²) >= 11 is 0. The van der Waals surface area contributed by atoms with Crippen molar-refractivity contribution >= 4 is 11.4 Å². The number of hydrogen-bond donors (Lipinski definition) is 1. The molecule has 1 fully saturated rings. The van der Waals surface area contributed by atoms with Gasteiger partial charge in [0.15, 0.2) is 0 Å². The van der Waals surface area contributed by atoms with E-state index in [-0.39, 0.29) is 11.2 Å². The van der Waals surface area contributed by atoms with Crippen LogP contribution in [-0.2, 0) is 0 Å². The van der Waals surface area contributed by atoms with Gasteiger partial charge in [-0.05, 0) is 26.1 Å². The summed E-state index contributed by atoms with van der Waals surface area (Å²) in [5, 5.41) is 20.9. The van der Waals surface area contributed by atoms with E-state index in [2.05, 4.69) is 17.0 Å². The van der Waals surface area contributed by atoms with Crippen LogP contribution in [0.15, 0.2) is 64.5 Å². The van der Waals surface area contributed by atoms with E-state index in [1.807, 2.05) is 42.3 Å². The van der Waals surface area contributed by atoms with Crippen molar-refractivity contribution in [1.29, 1.82) is 0 Å². The molecule has 1 aromatic heterocycles. The van der Waals surface area contributed by atoms with Gasteiger partial charge in [-0.3, -0.25) is 25.0 Å². The standard InChI is InChI=1S/C22H24N6O3/c1-16(23-26-14-12-25(2)13-15-26)20-21(17-6-4-3-5-7-17)24-27(22(20)29)18-8-10-19(11-9-18)28(30)31/h3-11,24H,12-15H2,1-2H3. The van der Waals surface area contributed by atoms with E-state index in [0.717, 1.165) is 31.7 Å². The number of hydrazone groups is 1. The Kier molecular flexibility index (Phi) is 5.68. The van der Waals surface area contributed by atoms with Crippen molar-refractivity contribution in [2.24, 2.45) is 5.10 Å². The van der Waals surface area contributed by atoms with Crippen LogP contribution in [0.1, 0.15) is 12.5 Å². The number of nitrogens with zero attached hydrogens (tertiary/aromatic N) is 5. The third-order valence-corrected chi connectivity index (χ3v) is 5.40. The van der Waals surface area contributed by atoms with Crippen molar-refractivity contribution in [3.63, 3.8) is 0 Å².